The van der Waals surface area contributed by atoms with Crippen molar-refractivity contribution in [1.29, 1.82) is 0 Å². The number of alkyl carbamates (subject to hydrolysis) is 1. The number of rotatable bonds is 5. The maximum atomic E-state index is 12.1. The molecular formula is C14H24N4O8. The smallest absolute Gasteiger partial charge is 0.408 e. The molecule has 0 spiro atoms. The fourth-order valence-electron chi connectivity index (χ4n) is 2.36. The van der Waals surface area contributed by atoms with E-state index in [1.165, 1.54) is 0 Å². The fraction of sp³-hybridized carbons (Fsp3) is 0.857. The van der Waals surface area contributed by atoms with E-state index in [4.69, 9.17) is 15.0 Å². The van der Waals surface area contributed by atoms with E-state index >= 15 is 0 Å². The van der Waals surface area contributed by atoms with Crippen LogP contribution < -0.4 is 5.32 Å². The van der Waals surface area contributed by atoms with Gasteiger partial charge in [-0.1, -0.05) is 5.11 Å². The van der Waals surface area contributed by atoms with Gasteiger partial charge >= 0.3 is 12.1 Å². The molecule has 148 valence electrons. The predicted octanol–water partition coefficient (Wildman–Crippen LogP) is -0.787. The summed E-state index contributed by atoms with van der Waals surface area (Å²) in [6.07, 6.45) is -8.66. The van der Waals surface area contributed by atoms with Crippen molar-refractivity contribution in [3.8, 4) is 0 Å². The van der Waals surface area contributed by atoms with Crippen LogP contribution >= 0.6 is 0 Å². The van der Waals surface area contributed by atoms with Gasteiger partial charge in [-0.05, 0) is 26.3 Å². The number of amides is 1. The van der Waals surface area contributed by atoms with E-state index in [1.54, 1.807) is 20.8 Å². The molecule has 12 heteroatoms. The molecule has 0 aliphatic carbocycles. The van der Waals surface area contributed by atoms with Gasteiger partial charge in [0, 0.05) is 4.91 Å². The van der Waals surface area contributed by atoms with Crippen molar-refractivity contribution >= 4 is 12.1 Å². The van der Waals surface area contributed by atoms with Crippen molar-refractivity contribution < 1.29 is 39.1 Å². The van der Waals surface area contributed by atoms with Crippen molar-refractivity contribution in [2.75, 3.05) is 13.7 Å². The highest BCUT2D eigenvalue weighted by Gasteiger charge is 2.49. The third-order valence-electron chi connectivity index (χ3n) is 3.53. The number of azide groups is 1. The first-order valence-corrected chi connectivity index (χ1v) is 7.79. The Hall–Kier alpha value is -2.11. The van der Waals surface area contributed by atoms with Crippen molar-refractivity contribution in [3.63, 3.8) is 0 Å². The fourth-order valence-corrected chi connectivity index (χ4v) is 2.36. The van der Waals surface area contributed by atoms with Gasteiger partial charge in [0.1, 0.15) is 30.0 Å². The van der Waals surface area contributed by atoms with E-state index in [2.05, 4.69) is 20.1 Å². The summed E-state index contributed by atoms with van der Waals surface area (Å²) in [6.45, 7) is 4.48. The first-order chi connectivity index (χ1) is 12.0. The average Bonchev–Trinajstić information content (AvgIpc) is 2.55. The predicted molar refractivity (Wildman–Crippen MR) is 85.9 cm³/mol. The van der Waals surface area contributed by atoms with Crippen LogP contribution in [0.4, 0.5) is 4.79 Å². The summed E-state index contributed by atoms with van der Waals surface area (Å²) in [7, 11) is 1.06. The Labute approximate surface area is 149 Å². The normalized spacial score (nSPS) is 29.9. The first-order valence-electron chi connectivity index (χ1n) is 7.79. The van der Waals surface area contributed by atoms with Crippen LogP contribution in [0.25, 0.3) is 10.4 Å². The molecule has 1 amide bonds. The average molecular weight is 376 g/mol. The molecule has 0 aromatic rings. The Morgan fingerprint density at radius 1 is 1.27 bits per heavy atom. The summed E-state index contributed by atoms with van der Waals surface area (Å²) < 4.78 is 15.1. The van der Waals surface area contributed by atoms with Crippen LogP contribution in [0, 0.1) is 0 Å². The lowest BCUT2D eigenvalue weighted by Gasteiger charge is -2.42. The molecule has 3 unspecified atom stereocenters. The largest absolute Gasteiger partial charge is 0.467 e. The molecule has 4 N–H and O–H groups in total. The van der Waals surface area contributed by atoms with Gasteiger partial charge in [0.25, 0.3) is 0 Å². The number of aliphatic hydroxyl groups excluding tert-OH is 3. The molecule has 1 aliphatic rings. The van der Waals surface area contributed by atoms with Gasteiger partial charge in [-0.3, -0.25) is 0 Å². The maximum Gasteiger partial charge on any atom is 0.408 e. The summed E-state index contributed by atoms with van der Waals surface area (Å²) in [6, 6.07) is -1.54. The second-order valence-electron chi connectivity index (χ2n) is 6.67. The standard InChI is InChI=1S/C14H24N4O8/c1-14(2,3)26-13(23)17-7(12(22)24-4)11-10(21)9(20)8(19)6(25-11)5-16-18-15/h6-11,19-21H,5H2,1-4H3,(H,17,23)/t6?,7-,8-,9?,10?,11+/m1/s1. The molecule has 12 nitrogen and oxygen atoms in total. The van der Waals surface area contributed by atoms with Gasteiger partial charge < -0.3 is 34.8 Å². The quantitative estimate of drug-likeness (QED) is 0.208. The van der Waals surface area contributed by atoms with Crippen molar-refractivity contribution in [2.24, 2.45) is 5.11 Å². The number of esters is 1. The molecule has 1 rings (SSSR count). The summed E-state index contributed by atoms with van der Waals surface area (Å²) in [4.78, 5) is 26.6. The number of aliphatic hydroxyl groups is 3. The van der Waals surface area contributed by atoms with Gasteiger partial charge in [-0.25, -0.2) is 9.59 Å². The molecule has 0 radical (unpaired) electrons. The van der Waals surface area contributed by atoms with Crippen LogP contribution in [0.5, 0.6) is 0 Å². The molecule has 26 heavy (non-hydrogen) atoms. The van der Waals surface area contributed by atoms with E-state index in [-0.39, 0.29) is 6.54 Å². The lowest BCUT2D eigenvalue weighted by molar-refractivity contribution is -0.227. The molecule has 0 aromatic heterocycles. The molecule has 0 aromatic carbocycles. The van der Waals surface area contributed by atoms with Crippen LogP contribution in [0.15, 0.2) is 5.11 Å². The van der Waals surface area contributed by atoms with Gasteiger partial charge in [0.15, 0.2) is 6.04 Å². The number of carbonyl (C=O) groups is 2. The van der Waals surface area contributed by atoms with Crippen molar-refractivity contribution in [3.05, 3.63) is 10.4 Å². The minimum Gasteiger partial charge on any atom is -0.467 e. The number of hydrogen-bond acceptors (Lipinski definition) is 9. The second-order valence-corrected chi connectivity index (χ2v) is 6.67. The number of nitrogens with one attached hydrogen (secondary N) is 1. The number of ether oxygens (including phenoxy) is 3. The zero-order valence-corrected chi connectivity index (χ0v) is 14.9. The highest BCUT2D eigenvalue weighted by Crippen LogP contribution is 2.24. The first kappa shape index (κ1) is 21.9. The minimum atomic E-state index is -1.73. The third kappa shape index (κ3) is 5.71. The van der Waals surface area contributed by atoms with E-state index in [9.17, 15) is 24.9 Å². The van der Waals surface area contributed by atoms with E-state index in [0.717, 1.165) is 7.11 Å². The molecular weight excluding hydrogens is 352 g/mol. The minimum absolute atomic E-state index is 0.363. The molecule has 6 atom stereocenters. The van der Waals surface area contributed by atoms with Crippen LogP contribution in [-0.2, 0) is 19.0 Å². The summed E-state index contributed by atoms with van der Waals surface area (Å²) >= 11 is 0. The molecule has 0 bridgehead atoms. The topological polar surface area (TPSA) is 183 Å². The monoisotopic (exact) mass is 376 g/mol. The van der Waals surface area contributed by atoms with Gasteiger partial charge in [0.2, 0.25) is 0 Å². The Morgan fingerprint density at radius 2 is 1.88 bits per heavy atom. The molecule has 0 saturated carbocycles. The SMILES string of the molecule is COC(=O)[C@H](NC(=O)OC(C)(C)C)[C@@H]1OC(CN=[N+]=[N-])[C@@H](O)C(O)C1O. The Kier molecular flexibility index (Phi) is 7.60. The van der Waals surface area contributed by atoms with Crippen molar-refractivity contribution in [2.45, 2.75) is 62.9 Å². The second kappa shape index (κ2) is 9.01. The van der Waals surface area contributed by atoms with Gasteiger partial charge in [0.05, 0.1) is 19.8 Å². The highest BCUT2D eigenvalue weighted by atomic mass is 16.6. The van der Waals surface area contributed by atoms with E-state index in [0.29, 0.717) is 0 Å². The zero-order valence-electron chi connectivity index (χ0n) is 14.9. The van der Waals surface area contributed by atoms with Crippen LogP contribution in [-0.4, -0.2) is 83.2 Å². The number of hydrogen-bond donors (Lipinski definition) is 4. The lowest BCUT2D eigenvalue weighted by atomic mass is 9.91. The summed E-state index contributed by atoms with van der Waals surface area (Å²) in [5.41, 5.74) is 7.54. The van der Waals surface area contributed by atoms with E-state index in [1.807, 2.05) is 0 Å². The molecule has 1 heterocycles. The lowest BCUT2D eigenvalue weighted by Crippen LogP contribution is -2.65. The Morgan fingerprint density at radius 3 is 2.38 bits per heavy atom. The summed E-state index contributed by atoms with van der Waals surface area (Å²) in [5.74, 6) is -0.967. The van der Waals surface area contributed by atoms with Crippen molar-refractivity contribution in [1.82, 2.24) is 5.32 Å². The summed E-state index contributed by atoms with van der Waals surface area (Å²) in [5, 5.41) is 35.6. The van der Waals surface area contributed by atoms with Crippen LogP contribution in [0.3, 0.4) is 0 Å². The number of methoxy groups -OCH3 is 1. The van der Waals surface area contributed by atoms with Crippen LogP contribution in [0.1, 0.15) is 20.8 Å². The van der Waals surface area contributed by atoms with Gasteiger partial charge in [-0.2, -0.15) is 0 Å². The highest BCUT2D eigenvalue weighted by molar-refractivity contribution is 5.82. The number of carbonyl (C=O) groups excluding carboxylic acids is 2. The molecule has 1 aliphatic heterocycles. The zero-order chi connectivity index (χ0) is 20.1. The molecule has 1 fully saturated rings. The van der Waals surface area contributed by atoms with E-state index < -0.39 is 54.2 Å². The Bertz CT molecular complexity index is 560. The van der Waals surface area contributed by atoms with Crippen LogP contribution in [0.2, 0.25) is 0 Å². The third-order valence-corrected chi connectivity index (χ3v) is 3.53. The van der Waals surface area contributed by atoms with Gasteiger partial charge in [-0.15, -0.1) is 0 Å². The maximum absolute atomic E-state index is 12.1. The molecule has 1 saturated heterocycles. The number of nitrogens with zero attached hydrogens (tertiary/aromatic N) is 3. The Balaban J connectivity index is 3.04.